The maximum atomic E-state index is 4.45. The fourth-order valence-electron chi connectivity index (χ4n) is 2.57. The maximum absolute atomic E-state index is 4.45. The van der Waals surface area contributed by atoms with Gasteiger partial charge < -0.3 is 5.32 Å². The Balaban J connectivity index is 2.18. The van der Waals surface area contributed by atoms with E-state index in [9.17, 15) is 0 Å². The molecule has 20 heavy (non-hydrogen) atoms. The lowest BCUT2D eigenvalue weighted by atomic mass is 9.93. The van der Waals surface area contributed by atoms with E-state index in [0.717, 1.165) is 25.2 Å². The molecule has 0 saturated carbocycles. The van der Waals surface area contributed by atoms with Crippen LogP contribution in [0.5, 0.6) is 0 Å². The number of hydrogen-bond donors (Lipinski definition) is 1. The Morgan fingerprint density at radius 2 is 1.90 bits per heavy atom. The molecule has 0 aliphatic rings. The van der Waals surface area contributed by atoms with Crippen LogP contribution in [0.1, 0.15) is 35.4 Å². The molecule has 0 amide bonds. The predicted molar refractivity (Wildman–Crippen MR) is 84.1 cm³/mol. The quantitative estimate of drug-likeness (QED) is 0.875. The summed E-state index contributed by atoms with van der Waals surface area (Å²) in [4.78, 5) is 0. The van der Waals surface area contributed by atoms with Crippen LogP contribution in [0.25, 0.3) is 0 Å². The average Bonchev–Trinajstić information content (AvgIpc) is 2.74. The summed E-state index contributed by atoms with van der Waals surface area (Å²) < 4.78 is 2.00. The van der Waals surface area contributed by atoms with Gasteiger partial charge in [0.1, 0.15) is 0 Å². The number of rotatable bonds is 6. The standard InChI is InChI=1S/C17H25N3/c1-5-18-12-16(15-8-6-13(2)7-9-15)11-17-10-14(3)19-20(17)4/h6-10,16,18H,5,11-12H2,1-4H3. The number of benzene rings is 1. The van der Waals surface area contributed by atoms with E-state index in [1.54, 1.807) is 0 Å². The first-order valence-corrected chi connectivity index (χ1v) is 7.37. The van der Waals surface area contributed by atoms with E-state index in [0.29, 0.717) is 5.92 Å². The maximum Gasteiger partial charge on any atom is 0.0596 e. The van der Waals surface area contributed by atoms with E-state index in [2.05, 4.69) is 61.5 Å². The van der Waals surface area contributed by atoms with Gasteiger partial charge in [0.05, 0.1) is 5.69 Å². The third-order valence-electron chi connectivity index (χ3n) is 3.74. The monoisotopic (exact) mass is 271 g/mol. The van der Waals surface area contributed by atoms with Gasteiger partial charge in [-0.2, -0.15) is 5.10 Å². The van der Waals surface area contributed by atoms with Crippen molar-refractivity contribution in [2.45, 2.75) is 33.1 Å². The van der Waals surface area contributed by atoms with Gasteiger partial charge in [-0.05, 0) is 38.4 Å². The van der Waals surface area contributed by atoms with Crippen LogP contribution in [0, 0.1) is 13.8 Å². The molecule has 2 rings (SSSR count). The van der Waals surface area contributed by atoms with Crippen molar-refractivity contribution in [3.8, 4) is 0 Å². The molecule has 1 aromatic carbocycles. The van der Waals surface area contributed by atoms with Crippen LogP contribution in [-0.2, 0) is 13.5 Å². The second-order valence-electron chi connectivity index (χ2n) is 5.52. The van der Waals surface area contributed by atoms with Gasteiger partial charge in [0, 0.05) is 25.2 Å². The Bertz CT molecular complexity index is 540. The van der Waals surface area contributed by atoms with Crippen LogP contribution in [0.2, 0.25) is 0 Å². The number of aromatic nitrogens is 2. The molecule has 0 radical (unpaired) electrons. The van der Waals surface area contributed by atoms with Gasteiger partial charge in [-0.15, -0.1) is 0 Å². The zero-order chi connectivity index (χ0) is 14.5. The molecule has 0 aliphatic carbocycles. The Morgan fingerprint density at radius 3 is 2.45 bits per heavy atom. The lowest BCUT2D eigenvalue weighted by molar-refractivity contribution is 0.570. The van der Waals surface area contributed by atoms with E-state index in [4.69, 9.17) is 0 Å². The number of hydrogen-bond acceptors (Lipinski definition) is 2. The number of nitrogens with one attached hydrogen (secondary N) is 1. The molecule has 3 heteroatoms. The molecule has 1 aromatic heterocycles. The fourth-order valence-corrected chi connectivity index (χ4v) is 2.57. The fraction of sp³-hybridized carbons (Fsp3) is 0.471. The van der Waals surface area contributed by atoms with Gasteiger partial charge in [0.25, 0.3) is 0 Å². The summed E-state index contributed by atoms with van der Waals surface area (Å²) in [5.74, 6) is 0.491. The summed E-state index contributed by atoms with van der Waals surface area (Å²) in [7, 11) is 2.03. The summed E-state index contributed by atoms with van der Waals surface area (Å²) in [5.41, 5.74) is 5.10. The predicted octanol–water partition coefficient (Wildman–Crippen LogP) is 2.97. The summed E-state index contributed by atoms with van der Waals surface area (Å²) >= 11 is 0. The highest BCUT2D eigenvalue weighted by molar-refractivity contribution is 5.26. The summed E-state index contributed by atoms with van der Waals surface area (Å²) in [5, 5.41) is 7.93. The highest BCUT2D eigenvalue weighted by Crippen LogP contribution is 2.21. The largest absolute Gasteiger partial charge is 0.316 e. The molecule has 108 valence electrons. The molecule has 1 unspecified atom stereocenters. The summed E-state index contributed by atoms with van der Waals surface area (Å²) in [6, 6.07) is 11.1. The summed E-state index contributed by atoms with van der Waals surface area (Å²) in [6.07, 6.45) is 1.02. The van der Waals surface area contributed by atoms with E-state index < -0.39 is 0 Å². The highest BCUT2D eigenvalue weighted by atomic mass is 15.3. The minimum Gasteiger partial charge on any atom is -0.316 e. The van der Waals surface area contributed by atoms with Crippen LogP contribution < -0.4 is 5.32 Å². The number of likely N-dealkylation sites (N-methyl/N-ethyl adjacent to an activating group) is 1. The molecule has 2 aromatic rings. The van der Waals surface area contributed by atoms with Gasteiger partial charge in [-0.3, -0.25) is 4.68 Å². The molecule has 0 spiro atoms. The molecule has 0 fully saturated rings. The molecule has 3 nitrogen and oxygen atoms in total. The smallest absolute Gasteiger partial charge is 0.0596 e. The minimum absolute atomic E-state index is 0.491. The van der Waals surface area contributed by atoms with Gasteiger partial charge in [-0.1, -0.05) is 36.8 Å². The van der Waals surface area contributed by atoms with Crippen molar-refractivity contribution >= 4 is 0 Å². The first-order chi connectivity index (χ1) is 9.60. The van der Waals surface area contributed by atoms with Crippen molar-refractivity contribution in [1.82, 2.24) is 15.1 Å². The third-order valence-corrected chi connectivity index (χ3v) is 3.74. The van der Waals surface area contributed by atoms with Gasteiger partial charge in [0.2, 0.25) is 0 Å². The third kappa shape index (κ3) is 3.70. The van der Waals surface area contributed by atoms with E-state index >= 15 is 0 Å². The Kier molecular flexibility index (Phi) is 4.96. The Morgan fingerprint density at radius 1 is 1.20 bits per heavy atom. The van der Waals surface area contributed by atoms with Crippen molar-refractivity contribution in [3.05, 3.63) is 52.8 Å². The van der Waals surface area contributed by atoms with Crippen molar-refractivity contribution in [3.63, 3.8) is 0 Å². The van der Waals surface area contributed by atoms with Crippen LogP contribution in [-0.4, -0.2) is 22.9 Å². The van der Waals surface area contributed by atoms with Crippen molar-refractivity contribution < 1.29 is 0 Å². The van der Waals surface area contributed by atoms with Crippen LogP contribution >= 0.6 is 0 Å². The molecule has 0 saturated heterocycles. The molecule has 0 aliphatic heterocycles. The average molecular weight is 271 g/mol. The van der Waals surface area contributed by atoms with E-state index in [-0.39, 0.29) is 0 Å². The zero-order valence-corrected chi connectivity index (χ0v) is 13.0. The molecule has 1 heterocycles. The molecular weight excluding hydrogens is 246 g/mol. The van der Waals surface area contributed by atoms with Gasteiger partial charge in [-0.25, -0.2) is 0 Å². The lowest BCUT2D eigenvalue weighted by Gasteiger charge is -2.18. The normalized spacial score (nSPS) is 12.6. The second-order valence-corrected chi connectivity index (χ2v) is 5.52. The Labute approximate surface area is 122 Å². The van der Waals surface area contributed by atoms with Crippen molar-refractivity contribution in [1.29, 1.82) is 0 Å². The molecule has 0 bridgehead atoms. The SMILES string of the molecule is CCNCC(Cc1cc(C)nn1C)c1ccc(C)cc1. The topological polar surface area (TPSA) is 29.9 Å². The molecule has 1 atom stereocenters. The number of aryl methyl sites for hydroxylation is 3. The number of nitrogens with zero attached hydrogens (tertiary/aromatic N) is 2. The summed E-state index contributed by atoms with van der Waals surface area (Å²) in [6.45, 7) is 8.35. The molecular formula is C17H25N3. The van der Waals surface area contributed by atoms with Crippen LogP contribution in [0.15, 0.2) is 30.3 Å². The highest BCUT2D eigenvalue weighted by Gasteiger charge is 2.14. The Hall–Kier alpha value is -1.61. The van der Waals surface area contributed by atoms with E-state index in [1.807, 2.05) is 11.7 Å². The molecule has 1 N–H and O–H groups in total. The van der Waals surface area contributed by atoms with Gasteiger partial charge >= 0.3 is 0 Å². The first-order valence-electron chi connectivity index (χ1n) is 7.37. The van der Waals surface area contributed by atoms with Crippen molar-refractivity contribution in [2.75, 3.05) is 13.1 Å². The second kappa shape index (κ2) is 6.71. The van der Waals surface area contributed by atoms with Crippen LogP contribution in [0.4, 0.5) is 0 Å². The van der Waals surface area contributed by atoms with E-state index in [1.165, 1.54) is 16.8 Å². The minimum atomic E-state index is 0.491. The van der Waals surface area contributed by atoms with Crippen molar-refractivity contribution in [2.24, 2.45) is 7.05 Å². The zero-order valence-electron chi connectivity index (χ0n) is 13.0. The van der Waals surface area contributed by atoms with Crippen LogP contribution in [0.3, 0.4) is 0 Å². The first kappa shape index (κ1) is 14.8. The van der Waals surface area contributed by atoms with Gasteiger partial charge in [0.15, 0.2) is 0 Å². The lowest BCUT2D eigenvalue weighted by Crippen LogP contribution is -2.23.